The van der Waals surface area contributed by atoms with Gasteiger partial charge in [-0.15, -0.1) is 0 Å². The molecule has 1 unspecified atom stereocenters. The van der Waals surface area contributed by atoms with E-state index in [0.29, 0.717) is 0 Å². The van der Waals surface area contributed by atoms with Crippen LogP contribution in [0.5, 0.6) is 5.75 Å². The highest BCUT2D eigenvalue weighted by atomic mass is 16.7. The van der Waals surface area contributed by atoms with Gasteiger partial charge in [-0.25, -0.2) is 0 Å². The Bertz CT molecular complexity index is 409. The fraction of sp³-hybridized carbons (Fsp3) is 0.571. The third kappa shape index (κ3) is 2.66. The van der Waals surface area contributed by atoms with Gasteiger partial charge in [-0.3, -0.25) is 0 Å². The molecule has 0 saturated heterocycles. The second-order valence-corrected chi connectivity index (χ2v) is 4.59. The minimum absolute atomic E-state index is 0.719. The SMILES string of the molecule is COc1cc(C)c(C(C)(O)C(OC)OC)cc1C. The Morgan fingerprint density at radius 2 is 1.61 bits per heavy atom. The van der Waals surface area contributed by atoms with E-state index in [9.17, 15) is 5.11 Å². The van der Waals surface area contributed by atoms with Crippen molar-refractivity contribution >= 4 is 0 Å². The van der Waals surface area contributed by atoms with Gasteiger partial charge in [0.15, 0.2) is 6.29 Å². The van der Waals surface area contributed by atoms with Crippen molar-refractivity contribution in [2.45, 2.75) is 32.7 Å². The molecule has 102 valence electrons. The van der Waals surface area contributed by atoms with Gasteiger partial charge < -0.3 is 19.3 Å². The number of benzene rings is 1. The third-order valence-corrected chi connectivity index (χ3v) is 3.17. The molecule has 1 rings (SSSR count). The highest BCUT2D eigenvalue weighted by Gasteiger charge is 2.36. The summed E-state index contributed by atoms with van der Waals surface area (Å²) >= 11 is 0. The van der Waals surface area contributed by atoms with Crippen LogP contribution in [0.25, 0.3) is 0 Å². The summed E-state index contributed by atoms with van der Waals surface area (Å²) in [6, 6.07) is 3.81. The van der Waals surface area contributed by atoms with Crippen molar-refractivity contribution in [3.05, 3.63) is 28.8 Å². The van der Waals surface area contributed by atoms with E-state index >= 15 is 0 Å². The Hall–Kier alpha value is -1.10. The Kier molecular flexibility index (Phi) is 4.73. The molecule has 0 saturated carbocycles. The second kappa shape index (κ2) is 5.69. The van der Waals surface area contributed by atoms with Crippen molar-refractivity contribution in [3.8, 4) is 5.75 Å². The zero-order valence-electron chi connectivity index (χ0n) is 11.9. The van der Waals surface area contributed by atoms with Gasteiger partial charge in [-0.1, -0.05) is 0 Å². The maximum atomic E-state index is 10.6. The first-order valence-corrected chi connectivity index (χ1v) is 5.82. The van der Waals surface area contributed by atoms with Crippen LogP contribution in [-0.2, 0) is 15.1 Å². The zero-order valence-corrected chi connectivity index (χ0v) is 11.9. The second-order valence-electron chi connectivity index (χ2n) is 4.59. The van der Waals surface area contributed by atoms with E-state index in [1.165, 1.54) is 14.2 Å². The first kappa shape index (κ1) is 15.0. The molecule has 1 aromatic carbocycles. The molecule has 18 heavy (non-hydrogen) atoms. The normalized spacial score (nSPS) is 14.7. The molecule has 0 aliphatic heterocycles. The van der Waals surface area contributed by atoms with Crippen LogP contribution >= 0.6 is 0 Å². The molecular formula is C14H22O4. The van der Waals surface area contributed by atoms with Gasteiger partial charge >= 0.3 is 0 Å². The molecule has 0 radical (unpaired) electrons. The standard InChI is InChI=1S/C14H22O4/c1-9-8-12(16-4)10(2)7-11(9)14(3,15)13(17-5)18-6/h7-8,13,15H,1-6H3. The van der Waals surface area contributed by atoms with Crippen molar-refractivity contribution < 1.29 is 19.3 Å². The Balaban J connectivity index is 3.28. The third-order valence-electron chi connectivity index (χ3n) is 3.17. The molecule has 0 aromatic heterocycles. The molecular weight excluding hydrogens is 232 g/mol. The van der Waals surface area contributed by atoms with Crippen LogP contribution in [0.3, 0.4) is 0 Å². The maximum absolute atomic E-state index is 10.6. The first-order chi connectivity index (χ1) is 8.38. The van der Waals surface area contributed by atoms with Gasteiger partial charge in [0.25, 0.3) is 0 Å². The van der Waals surface area contributed by atoms with Gasteiger partial charge in [-0.2, -0.15) is 0 Å². The van der Waals surface area contributed by atoms with Crippen molar-refractivity contribution in [3.63, 3.8) is 0 Å². The molecule has 0 aliphatic carbocycles. The molecule has 0 aliphatic rings. The quantitative estimate of drug-likeness (QED) is 0.818. The Morgan fingerprint density at radius 1 is 1.06 bits per heavy atom. The topological polar surface area (TPSA) is 47.9 Å². The highest BCUT2D eigenvalue weighted by molar-refractivity contribution is 5.44. The van der Waals surface area contributed by atoms with Crippen molar-refractivity contribution in [1.29, 1.82) is 0 Å². The number of aliphatic hydroxyl groups is 1. The van der Waals surface area contributed by atoms with E-state index in [2.05, 4.69) is 0 Å². The van der Waals surface area contributed by atoms with Gasteiger partial charge in [0, 0.05) is 14.2 Å². The molecule has 0 fully saturated rings. The molecule has 0 bridgehead atoms. The predicted octanol–water partition coefficient (Wildman–Crippen LogP) is 2.14. The fourth-order valence-electron chi connectivity index (χ4n) is 2.24. The summed E-state index contributed by atoms with van der Waals surface area (Å²) in [4.78, 5) is 0. The van der Waals surface area contributed by atoms with Crippen LogP contribution in [0.4, 0.5) is 0 Å². The summed E-state index contributed by atoms with van der Waals surface area (Å²) in [5.41, 5.74) is 1.45. The number of hydrogen-bond acceptors (Lipinski definition) is 4. The van der Waals surface area contributed by atoms with Crippen LogP contribution in [0.1, 0.15) is 23.6 Å². The molecule has 1 aromatic rings. The minimum atomic E-state index is -1.22. The van der Waals surface area contributed by atoms with E-state index in [-0.39, 0.29) is 0 Å². The van der Waals surface area contributed by atoms with Gasteiger partial charge in [0.2, 0.25) is 0 Å². The average molecular weight is 254 g/mol. The van der Waals surface area contributed by atoms with E-state index < -0.39 is 11.9 Å². The van der Waals surface area contributed by atoms with Crippen LogP contribution in [0, 0.1) is 13.8 Å². The van der Waals surface area contributed by atoms with E-state index in [4.69, 9.17) is 14.2 Å². The fourth-order valence-corrected chi connectivity index (χ4v) is 2.24. The molecule has 4 nitrogen and oxygen atoms in total. The van der Waals surface area contributed by atoms with Crippen LogP contribution in [0.15, 0.2) is 12.1 Å². The number of methoxy groups -OCH3 is 3. The first-order valence-electron chi connectivity index (χ1n) is 5.82. The van der Waals surface area contributed by atoms with Crippen LogP contribution < -0.4 is 4.74 Å². The largest absolute Gasteiger partial charge is 0.496 e. The summed E-state index contributed by atoms with van der Waals surface area (Å²) in [5.74, 6) is 0.804. The molecule has 1 N–H and O–H groups in total. The lowest BCUT2D eigenvalue weighted by atomic mass is 9.89. The average Bonchev–Trinajstić information content (AvgIpc) is 2.32. The summed E-state index contributed by atoms with van der Waals surface area (Å²) in [7, 11) is 4.65. The van der Waals surface area contributed by atoms with Crippen LogP contribution in [-0.4, -0.2) is 32.7 Å². The lowest BCUT2D eigenvalue weighted by Gasteiger charge is -2.32. The van der Waals surface area contributed by atoms with Gasteiger partial charge in [0.05, 0.1) is 7.11 Å². The molecule has 0 spiro atoms. The van der Waals surface area contributed by atoms with Crippen LogP contribution in [0.2, 0.25) is 0 Å². The summed E-state index contributed by atoms with van der Waals surface area (Å²) in [5, 5.41) is 10.6. The number of hydrogen-bond donors (Lipinski definition) is 1. The van der Waals surface area contributed by atoms with E-state index in [1.807, 2.05) is 26.0 Å². The predicted molar refractivity (Wildman–Crippen MR) is 69.8 cm³/mol. The lowest BCUT2D eigenvalue weighted by Crippen LogP contribution is -2.40. The zero-order chi connectivity index (χ0) is 13.9. The van der Waals surface area contributed by atoms with Crippen molar-refractivity contribution in [2.75, 3.05) is 21.3 Å². The smallest absolute Gasteiger partial charge is 0.189 e. The number of aryl methyl sites for hydroxylation is 2. The summed E-state index contributed by atoms with van der Waals surface area (Å²) in [6.07, 6.45) is -0.719. The Morgan fingerprint density at radius 3 is 2.06 bits per heavy atom. The minimum Gasteiger partial charge on any atom is -0.496 e. The van der Waals surface area contributed by atoms with Gasteiger partial charge in [0.1, 0.15) is 11.4 Å². The number of ether oxygens (including phenoxy) is 3. The lowest BCUT2D eigenvalue weighted by molar-refractivity contribution is -0.213. The number of rotatable bonds is 5. The van der Waals surface area contributed by atoms with E-state index in [1.54, 1.807) is 14.0 Å². The van der Waals surface area contributed by atoms with E-state index in [0.717, 1.165) is 22.4 Å². The molecule has 0 amide bonds. The Labute approximate surface area is 108 Å². The summed E-state index contributed by atoms with van der Waals surface area (Å²) in [6.45, 7) is 5.54. The molecule has 1 atom stereocenters. The van der Waals surface area contributed by atoms with Crippen molar-refractivity contribution in [2.24, 2.45) is 0 Å². The van der Waals surface area contributed by atoms with Crippen molar-refractivity contribution in [1.82, 2.24) is 0 Å². The summed E-state index contributed by atoms with van der Waals surface area (Å²) < 4.78 is 15.6. The highest BCUT2D eigenvalue weighted by Crippen LogP contribution is 2.33. The maximum Gasteiger partial charge on any atom is 0.189 e. The molecule has 0 heterocycles. The molecule has 4 heteroatoms. The monoisotopic (exact) mass is 254 g/mol. The van der Waals surface area contributed by atoms with Gasteiger partial charge in [-0.05, 0) is 49.6 Å².